The van der Waals surface area contributed by atoms with Gasteiger partial charge in [-0.25, -0.2) is 9.36 Å². The number of hydrogen-bond donors (Lipinski definition) is 1. The largest absolute Gasteiger partial charge is 0.437 e. The fraction of sp³-hybridized carbons (Fsp3) is 0.235. The quantitative estimate of drug-likeness (QED) is 0.776. The van der Waals surface area contributed by atoms with E-state index in [1.807, 2.05) is 32.3 Å². The summed E-state index contributed by atoms with van der Waals surface area (Å²) in [6.45, 7) is 2.46. The van der Waals surface area contributed by atoms with Gasteiger partial charge in [-0.2, -0.15) is 15.5 Å². The summed E-state index contributed by atoms with van der Waals surface area (Å²) in [5, 5.41) is 17.8. The molecule has 0 fully saturated rings. The number of hydrogen-bond acceptors (Lipinski definition) is 5. The first-order valence-electron chi connectivity index (χ1n) is 7.57. The Kier molecular flexibility index (Phi) is 4.31. The maximum Gasteiger partial charge on any atom is 0.217 e. The highest BCUT2D eigenvalue weighted by atomic mass is 16.5. The van der Waals surface area contributed by atoms with Crippen molar-refractivity contribution in [2.75, 3.05) is 6.54 Å². The zero-order valence-corrected chi connectivity index (χ0v) is 13.6. The Morgan fingerprint density at radius 1 is 1.33 bits per heavy atom. The van der Waals surface area contributed by atoms with Crippen LogP contribution in [-0.2, 0) is 13.5 Å². The SMILES string of the molecule is Cc1cc(Oc2cc(C#N)ccc2-n2cc(CCN)cn2)n(C)n1. The second-order valence-electron chi connectivity index (χ2n) is 5.48. The normalized spacial score (nSPS) is 10.6. The van der Waals surface area contributed by atoms with E-state index in [9.17, 15) is 0 Å². The van der Waals surface area contributed by atoms with Crippen molar-refractivity contribution >= 4 is 0 Å². The summed E-state index contributed by atoms with van der Waals surface area (Å²) in [6.07, 6.45) is 4.45. The van der Waals surface area contributed by atoms with Crippen LogP contribution in [0.2, 0.25) is 0 Å². The molecule has 2 aromatic heterocycles. The second-order valence-corrected chi connectivity index (χ2v) is 5.48. The van der Waals surface area contributed by atoms with Gasteiger partial charge in [0.15, 0.2) is 5.75 Å². The maximum absolute atomic E-state index is 9.16. The molecule has 7 heteroatoms. The smallest absolute Gasteiger partial charge is 0.217 e. The van der Waals surface area contributed by atoms with Crippen LogP contribution < -0.4 is 10.5 Å². The van der Waals surface area contributed by atoms with Crippen molar-refractivity contribution in [2.45, 2.75) is 13.3 Å². The fourth-order valence-electron chi connectivity index (χ4n) is 2.44. The zero-order chi connectivity index (χ0) is 17.1. The van der Waals surface area contributed by atoms with Gasteiger partial charge in [0.2, 0.25) is 5.88 Å². The van der Waals surface area contributed by atoms with Crippen LogP contribution in [0.25, 0.3) is 5.69 Å². The lowest BCUT2D eigenvalue weighted by Gasteiger charge is -2.11. The third-order valence-electron chi connectivity index (χ3n) is 3.58. The molecule has 0 spiro atoms. The summed E-state index contributed by atoms with van der Waals surface area (Å²) in [4.78, 5) is 0. The number of nitrogens with two attached hydrogens (primary N) is 1. The average molecular weight is 322 g/mol. The first-order valence-corrected chi connectivity index (χ1v) is 7.57. The molecule has 0 radical (unpaired) electrons. The molecule has 3 rings (SSSR count). The third kappa shape index (κ3) is 3.14. The highest BCUT2D eigenvalue weighted by Gasteiger charge is 2.13. The summed E-state index contributed by atoms with van der Waals surface area (Å²) >= 11 is 0. The molecule has 0 amide bonds. The van der Waals surface area contributed by atoms with E-state index in [1.54, 1.807) is 27.7 Å². The minimum Gasteiger partial charge on any atom is -0.437 e. The van der Waals surface area contributed by atoms with Crippen molar-refractivity contribution in [3.63, 3.8) is 0 Å². The van der Waals surface area contributed by atoms with Crippen molar-refractivity contribution in [1.29, 1.82) is 5.26 Å². The van der Waals surface area contributed by atoms with Gasteiger partial charge in [0.05, 0.1) is 23.5 Å². The molecular weight excluding hydrogens is 304 g/mol. The molecule has 0 bridgehead atoms. The summed E-state index contributed by atoms with van der Waals surface area (Å²) < 4.78 is 9.37. The molecule has 3 aromatic rings. The van der Waals surface area contributed by atoms with Gasteiger partial charge in [0.1, 0.15) is 5.69 Å². The topological polar surface area (TPSA) is 94.7 Å². The molecule has 1 aromatic carbocycles. The second kappa shape index (κ2) is 6.56. The molecule has 2 N–H and O–H groups in total. The Labute approximate surface area is 139 Å². The predicted octanol–water partition coefficient (Wildman–Crippen LogP) is 2.08. The number of rotatable bonds is 5. The van der Waals surface area contributed by atoms with Gasteiger partial charge in [0, 0.05) is 25.4 Å². The number of ether oxygens (including phenoxy) is 1. The number of aryl methyl sites for hydroxylation is 2. The number of aromatic nitrogens is 4. The van der Waals surface area contributed by atoms with Gasteiger partial charge in [-0.15, -0.1) is 0 Å². The Balaban J connectivity index is 2.02. The van der Waals surface area contributed by atoms with E-state index in [2.05, 4.69) is 16.3 Å². The number of benzene rings is 1. The zero-order valence-electron chi connectivity index (χ0n) is 13.6. The fourth-order valence-corrected chi connectivity index (χ4v) is 2.44. The minimum atomic E-state index is 0.516. The van der Waals surface area contributed by atoms with Crippen molar-refractivity contribution in [2.24, 2.45) is 12.8 Å². The Bertz CT molecular complexity index is 902. The average Bonchev–Trinajstić information content (AvgIpc) is 3.14. The van der Waals surface area contributed by atoms with E-state index in [-0.39, 0.29) is 0 Å². The van der Waals surface area contributed by atoms with Crippen molar-refractivity contribution < 1.29 is 4.74 Å². The molecule has 0 aliphatic heterocycles. The molecule has 0 saturated carbocycles. The highest BCUT2D eigenvalue weighted by Crippen LogP contribution is 2.29. The Morgan fingerprint density at radius 3 is 2.83 bits per heavy atom. The van der Waals surface area contributed by atoms with E-state index >= 15 is 0 Å². The van der Waals surface area contributed by atoms with E-state index < -0.39 is 0 Å². The third-order valence-corrected chi connectivity index (χ3v) is 3.58. The van der Waals surface area contributed by atoms with Gasteiger partial charge in [0.25, 0.3) is 0 Å². The van der Waals surface area contributed by atoms with Crippen LogP contribution in [-0.4, -0.2) is 26.1 Å². The Hall–Kier alpha value is -3.11. The van der Waals surface area contributed by atoms with Crippen LogP contribution in [0, 0.1) is 18.3 Å². The molecule has 0 unspecified atom stereocenters. The summed E-state index contributed by atoms with van der Waals surface area (Å²) in [5.74, 6) is 1.14. The van der Waals surface area contributed by atoms with Crippen molar-refractivity contribution in [1.82, 2.24) is 19.6 Å². The van der Waals surface area contributed by atoms with E-state index in [0.717, 1.165) is 23.4 Å². The lowest BCUT2D eigenvalue weighted by molar-refractivity contribution is 0.427. The molecule has 0 atom stereocenters. The summed E-state index contributed by atoms with van der Waals surface area (Å²) in [7, 11) is 1.81. The molecule has 0 saturated heterocycles. The molecule has 2 heterocycles. The van der Waals surface area contributed by atoms with Crippen LogP contribution >= 0.6 is 0 Å². The van der Waals surface area contributed by atoms with E-state index in [1.165, 1.54) is 0 Å². The first-order chi connectivity index (χ1) is 11.6. The molecule has 24 heavy (non-hydrogen) atoms. The monoisotopic (exact) mass is 322 g/mol. The molecule has 122 valence electrons. The van der Waals surface area contributed by atoms with Crippen LogP contribution in [0.15, 0.2) is 36.7 Å². The summed E-state index contributed by atoms with van der Waals surface area (Å²) in [6, 6.07) is 9.22. The van der Waals surface area contributed by atoms with Crippen LogP contribution in [0.3, 0.4) is 0 Å². The van der Waals surface area contributed by atoms with Crippen molar-refractivity contribution in [3.05, 3.63) is 53.5 Å². The number of nitriles is 1. The van der Waals surface area contributed by atoms with Gasteiger partial charge in [-0.3, -0.25) is 0 Å². The Morgan fingerprint density at radius 2 is 2.17 bits per heavy atom. The minimum absolute atomic E-state index is 0.516. The lowest BCUT2D eigenvalue weighted by atomic mass is 10.2. The van der Waals surface area contributed by atoms with E-state index in [4.69, 9.17) is 15.7 Å². The van der Waals surface area contributed by atoms with Gasteiger partial charge in [-0.05, 0) is 37.6 Å². The van der Waals surface area contributed by atoms with E-state index in [0.29, 0.717) is 23.7 Å². The standard InChI is InChI=1S/C17H18N6O/c1-12-7-17(22(2)21-12)24-16-8-13(9-19)3-4-15(16)23-11-14(5-6-18)10-20-23/h3-4,7-8,10-11H,5-6,18H2,1-2H3. The van der Waals surface area contributed by atoms with Crippen LogP contribution in [0.4, 0.5) is 0 Å². The number of nitrogens with zero attached hydrogens (tertiary/aromatic N) is 5. The van der Waals surface area contributed by atoms with Crippen LogP contribution in [0.5, 0.6) is 11.6 Å². The van der Waals surface area contributed by atoms with Crippen molar-refractivity contribution in [3.8, 4) is 23.4 Å². The lowest BCUT2D eigenvalue weighted by Crippen LogP contribution is -2.02. The van der Waals surface area contributed by atoms with Gasteiger partial charge >= 0.3 is 0 Å². The molecule has 0 aliphatic carbocycles. The van der Waals surface area contributed by atoms with Crippen LogP contribution in [0.1, 0.15) is 16.8 Å². The maximum atomic E-state index is 9.16. The van der Waals surface area contributed by atoms with Gasteiger partial charge < -0.3 is 10.5 Å². The van der Waals surface area contributed by atoms with Gasteiger partial charge in [-0.1, -0.05) is 0 Å². The predicted molar refractivity (Wildman–Crippen MR) is 89.1 cm³/mol. The molecule has 7 nitrogen and oxygen atoms in total. The highest BCUT2D eigenvalue weighted by molar-refractivity contribution is 5.52. The molecule has 0 aliphatic rings. The molecular formula is C17H18N6O. The first kappa shape index (κ1) is 15.8. The summed E-state index contributed by atoms with van der Waals surface area (Å²) in [5.41, 5.74) is 8.75.